The predicted molar refractivity (Wildman–Crippen MR) is 115 cm³/mol. The third-order valence-electron chi connectivity index (χ3n) is 5.47. The number of hydrogen-bond donors (Lipinski definition) is 1. The average Bonchev–Trinajstić information content (AvgIpc) is 3.06. The van der Waals surface area contributed by atoms with Gasteiger partial charge in [-0.3, -0.25) is 9.78 Å². The van der Waals surface area contributed by atoms with Gasteiger partial charge in [-0.25, -0.2) is 0 Å². The van der Waals surface area contributed by atoms with Crippen LogP contribution in [0.3, 0.4) is 0 Å². The van der Waals surface area contributed by atoms with Crippen molar-refractivity contribution in [1.82, 2.24) is 15.2 Å². The molecule has 1 N–H and O–H groups in total. The Morgan fingerprint density at radius 1 is 1.03 bits per heavy atom. The van der Waals surface area contributed by atoms with Crippen molar-refractivity contribution in [1.29, 1.82) is 0 Å². The van der Waals surface area contributed by atoms with Crippen molar-refractivity contribution in [2.24, 2.45) is 0 Å². The van der Waals surface area contributed by atoms with Gasteiger partial charge in [0.2, 0.25) is 0 Å². The third kappa shape index (κ3) is 4.93. The molecule has 0 aliphatic carbocycles. The number of aromatic nitrogens is 1. The molecule has 1 aliphatic heterocycles. The molecule has 1 aromatic heterocycles. The molecule has 2 heterocycles. The first kappa shape index (κ1) is 19.4. The van der Waals surface area contributed by atoms with Crippen LogP contribution in [0.1, 0.15) is 25.0 Å². The summed E-state index contributed by atoms with van der Waals surface area (Å²) in [6.07, 6.45) is 4.80. The summed E-state index contributed by atoms with van der Waals surface area (Å²) in [5.41, 5.74) is 0.906. The van der Waals surface area contributed by atoms with Crippen LogP contribution in [0.25, 0.3) is 10.8 Å². The molecule has 0 spiro atoms. The quantitative estimate of drug-likeness (QED) is 0.697. The normalized spacial score (nSPS) is 16.9. The van der Waals surface area contributed by atoms with E-state index < -0.39 is 0 Å². The summed E-state index contributed by atoms with van der Waals surface area (Å²) in [5, 5.41) is 5.56. The maximum atomic E-state index is 13.2. The molecule has 1 amide bonds. The summed E-state index contributed by atoms with van der Waals surface area (Å²) in [5.74, 6) is 0.757. The van der Waals surface area contributed by atoms with Gasteiger partial charge in [-0.1, -0.05) is 42.5 Å². The highest BCUT2D eigenvalue weighted by Crippen LogP contribution is 2.25. The van der Waals surface area contributed by atoms with Gasteiger partial charge in [-0.2, -0.15) is 0 Å². The average molecular weight is 389 g/mol. The second-order valence-corrected chi connectivity index (χ2v) is 7.44. The Labute approximate surface area is 171 Å². The van der Waals surface area contributed by atoms with E-state index >= 15 is 0 Å². The van der Waals surface area contributed by atoms with E-state index in [-0.39, 0.29) is 18.6 Å². The minimum absolute atomic E-state index is 0.00971. The molecule has 0 bridgehead atoms. The van der Waals surface area contributed by atoms with Crippen molar-refractivity contribution in [3.05, 3.63) is 72.6 Å². The number of nitrogens with one attached hydrogen (secondary N) is 1. The molecule has 1 saturated heterocycles. The highest BCUT2D eigenvalue weighted by molar-refractivity contribution is 5.88. The van der Waals surface area contributed by atoms with Crippen molar-refractivity contribution in [2.45, 2.75) is 31.8 Å². The van der Waals surface area contributed by atoms with Gasteiger partial charge >= 0.3 is 0 Å². The molecule has 5 nitrogen and oxygen atoms in total. The van der Waals surface area contributed by atoms with Gasteiger partial charge in [0.25, 0.3) is 5.91 Å². The Hall–Kier alpha value is -2.92. The first-order valence-corrected chi connectivity index (χ1v) is 10.3. The minimum atomic E-state index is 0.00971. The number of fused-ring (bicyclic) bond motifs is 1. The molecule has 1 atom stereocenters. The van der Waals surface area contributed by atoms with Gasteiger partial charge < -0.3 is 15.0 Å². The lowest BCUT2D eigenvalue weighted by molar-refractivity contribution is -0.136. The number of pyridine rings is 1. The highest BCUT2D eigenvalue weighted by atomic mass is 16.5. The minimum Gasteiger partial charge on any atom is -0.483 e. The molecular formula is C24H27N3O2. The highest BCUT2D eigenvalue weighted by Gasteiger charge is 2.25. The zero-order chi connectivity index (χ0) is 19.9. The predicted octanol–water partition coefficient (Wildman–Crippen LogP) is 3.78. The molecule has 150 valence electrons. The number of hydrogen-bond acceptors (Lipinski definition) is 4. The van der Waals surface area contributed by atoms with Crippen LogP contribution >= 0.6 is 0 Å². The summed E-state index contributed by atoms with van der Waals surface area (Å²) in [7, 11) is 0. The first-order chi connectivity index (χ1) is 14.3. The smallest absolute Gasteiger partial charge is 0.261 e. The van der Waals surface area contributed by atoms with Crippen LogP contribution in [0.4, 0.5) is 0 Å². The number of carbonyl (C=O) groups is 1. The van der Waals surface area contributed by atoms with E-state index in [0.29, 0.717) is 6.54 Å². The van der Waals surface area contributed by atoms with Crippen molar-refractivity contribution < 1.29 is 9.53 Å². The Balaban J connectivity index is 1.50. The second-order valence-electron chi connectivity index (χ2n) is 7.44. The standard InChI is InChI=1S/C24H27N3O2/c28-24(18-29-23-12-5-8-19-7-1-2-11-22(19)23)27(17-20-9-3-4-15-26-20)21-10-6-14-25-16-13-21/h1-5,7-9,11-12,15,21,25H,6,10,13-14,16-18H2. The maximum Gasteiger partial charge on any atom is 0.261 e. The zero-order valence-corrected chi connectivity index (χ0v) is 16.6. The monoisotopic (exact) mass is 389 g/mol. The van der Waals surface area contributed by atoms with Gasteiger partial charge in [0.05, 0.1) is 12.2 Å². The molecule has 3 aromatic rings. The summed E-state index contributed by atoms with van der Waals surface area (Å²) in [6.45, 7) is 2.49. The van der Waals surface area contributed by atoms with Crippen LogP contribution in [0.15, 0.2) is 66.9 Å². The fourth-order valence-electron chi connectivity index (χ4n) is 3.94. The van der Waals surface area contributed by atoms with E-state index in [4.69, 9.17) is 4.74 Å². The summed E-state index contributed by atoms with van der Waals surface area (Å²) in [6, 6.07) is 20.1. The zero-order valence-electron chi connectivity index (χ0n) is 16.6. The van der Waals surface area contributed by atoms with Crippen LogP contribution in [0.5, 0.6) is 5.75 Å². The maximum absolute atomic E-state index is 13.2. The fourth-order valence-corrected chi connectivity index (χ4v) is 3.94. The second kappa shape index (κ2) is 9.52. The molecule has 1 fully saturated rings. The van der Waals surface area contributed by atoms with Crippen molar-refractivity contribution in [3.63, 3.8) is 0 Å². The Kier molecular flexibility index (Phi) is 6.37. The lowest BCUT2D eigenvalue weighted by atomic mass is 10.1. The van der Waals surface area contributed by atoms with Crippen molar-refractivity contribution in [3.8, 4) is 5.75 Å². The lowest BCUT2D eigenvalue weighted by Gasteiger charge is -2.31. The fraction of sp³-hybridized carbons (Fsp3) is 0.333. The Bertz CT molecular complexity index is 932. The number of rotatable bonds is 6. The summed E-state index contributed by atoms with van der Waals surface area (Å²) < 4.78 is 5.99. The van der Waals surface area contributed by atoms with E-state index in [2.05, 4.69) is 22.4 Å². The number of benzene rings is 2. The molecule has 29 heavy (non-hydrogen) atoms. The molecular weight excluding hydrogens is 362 g/mol. The van der Waals surface area contributed by atoms with Crippen LogP contribution in [-0.2, 0) is 11.3 Å². The molecule has 4 rings (SSSR count). The van der Waals surface area contributed by atoms with E-state index in [0.717, 1.165) is 54.6 Å². The molecule has 0 radical (unpaired) electrons. The topological polar surface area (TPSA) is 54.5 Å². The van der Waals surface area contributed by atoms with E-state index in [1.807, 2.05) is 53.4 Å². The molecule has 1 unspecified atom stereocenters. The van der Waals surface area contributed by atoms with E-state index in [9.17, 15) is 4.79 Å². The van der Waals surface area contributed by atoms with E-state index in [1.165, 1.54) is 0 Å². The van der Waals surface area contributed by atoms with Crippen LogP contribution in [0.2, 0.25) is 0 Å². The molecule has 1 aliphatic rings. The molecule has 5 heteroatoms. The van der Waals surface area contributed by atoms with Crippen molar-refractivity contribution in [2.75, 3.05) is 19.7 Å². The number of amides is 1. The van der Waals surface area contributed by atoms with Gasteiger partial charge in [-0.15, -0.1) is 0 Å². The molecule has 2 aromatic carbocycles. The van der Waals surface area contributed by atoms with Crippen LogP contribution in [-0.4, -0.2) is 41.5 Å². The van der Waals surface area contributed by atoms with Crippen LogP contribution in [0, 0.1) is 0 Å². The SMILES string of the molecule is O=C(COc1cccc2ccccc12)N(Cc1ccccn1)C1CCCNCC1. The number of carbonyl (C=O) groups excluding carboxylic acids is 1. The lowest BCUT2D eigenvalue weighted by Crippen LogP contribution is -2.43. The van der Waals surface area contributed by atoms with Crippen LogP contribution < -0.4 is 10.1 Å². The van der Waals surface area contributed by atoms with Gasteiger partial charge in [0.1, 0.15) is 5.75 Å². The van der Waals surface area contributed by atoms with Gasteiger partial charge in [-0.05, 0) is 55.9 Å². The summed E-state index contributed by atoms with van der Waals surface area (Å²) >= 11 is 0. The summed E-state index contributed by atoms with van der Waals surface area (Å²) in [4.78, 5) is 19.6. The number of nitrogens with zero attached hydrogens (tertiary/aromatic N) is 2. The third-order valence-corrected chi connectivity index (χ3v) is 5.47. The Morgan fingerprint density at radius 2 is 1.90 bits per heavy atom. The number of ether oxygens (including phenoxy) is 1. The van der Waals surface area contributed by atoms with Crippen molar-refractivity contribution >= 4 is 16.7 Å². The van der Waals surface area contributed by atoms with Gasteiger partial charge in [0, 0.05) is 17.6 Å². The van der Waals surface area contributed by atoms with E-state index in [1.54, 1.807) is 6.20 Å². The first-order valence-electron chi connectivity index (χ1n) is 10.3. The largest absolute Gasteiger partial charge is 0.483 e. The Morgan fingerprint density at radius 3 is 2.79 bits per heavy atom. The van der Waals surface area contributed by atoms with Gasteiger partial charge in [0.15, 0.2) is 6.61 Å². The molecule has 0 saturated carbocycles.